The Bertz CT molecular complexity index is 866. The number of amidine groups is 1. The molecule has 6 N–H and O–H groups in total. The number of hydrogen-bond acceptors (Lipinski definition) is 4. The molecule has 0 saturated carbocycles. The first-order valence-corrected chi connectivity index (χ1v) is 8.48. The Kier molecular flexibility index (Phi) is 4.33. The number of rotatable bonds is 2. The summed E-state index contributed by atoms with van der Waals surface area (Å²) < 4.78 is 1.97. The van der Waals surface area contributed by atoms with Crippen molar-refractivity contribution in [2.45, 2.75) is 0 Å². The third-order valence-electron chi connectivity index (χ3n) is 3.13. The number of benzene rings is 1. The largest absolute Gasteiger partial charge is 0.350 e. The highest BCUT2D eigenvalue weighted by molar-refractivity contribution is 9.10. The standard InChI is InChI=1S/C13H10BrCl2N5S/c14-8-4-22-12-9(5-1-6(15)3-7(16)2-5)11(19-10(8)12)13(20-17)21-18/h1-4,19H,17-18H2,(H,20,21). The van der Waals surface area contributed by atoms with Gasteiger partial charge in [0.1, 0.15) is 0 Å². The van der Waals surface area contributed by atoms with Gasteiger partial charge in [-0.15, -0.1) is 11.3 Å². The number of H-pyrrole nitrogens is 1. The zero-order valence-corrected chi connectivity index (χ0v) is 14.9. The van der Waals surface area contributed by atoms with E-state index in [9.17, 15) is 0 Å². The number of nitrogens with zero attached hydrogens (tertiary/aromatic N) is 1. The van der Waals surface area contributed by atoms with Crippen LogP contribution in [0.25, 0.3) is 21.3 Å². The zero-order chi connectivity index (χ0) is 15.9. The zero-order valence-electron chi connectivity index (χ0n) is 11.0. The number of aromatic nitrogens is 1. The van der Waals surface area contributed by atoms with Crippen LogP contribution in [0.15, 0.2) is 33.2 Å². The van der Waals surface area contributed by atoms with Crippen LogP contribution in [0, 0.1) is 0 Å². The molecule has 2 aromatic heterocycles. The second-order valence-corrected chi connectivity index (χ2v) is 7.05. The lowest BCUT2D eigenvalue weighted by molar-refractivity contribution is 0.997. The van der Waals surface area contributed by atoms with Crippen LogP contribution in [0.2, 0.25) is 10.0 Å². The number of halogens is 3. The molecule has 0 atom stereocenters. The van der Waals surface area contributed by atoms with E-state index < -0.39 is 0 Å². The van der Waals surface area contributed by atoms with E-state index in [1.807, 2.05) is 17.5 Å². The van der Waals surface area contributed by atoms with E-state index in [0.29, 0.717) is 21.6 Å². The van der Waals surface area contributed by atoms with Crippen LogP contribution in [-0.4, -0.2) is 10.8 Å². The SMILES string of the molecule is N/N=C(\NN)c1[nH]c2c(Br)csc2c1-c1cc(Cl)cc(Cl)c1. The Balaban J connectivity index is 2.37. The Morgan fingerprint density at radius 3 is 2.55 bits per heavy atom. The van der Waals surface area contributed by atoms with Gasteiger partial charge < -0.3 is 16.3 Å². The van der Waals surface area contributed by atoms with Crippen LogP contribution in [0.3, 0.4) is 0 Å². The lowest BCUT2D eigenvalue weighted by Gasteiger charge is -2.07. The average Bonchev–Trinajstić information content (AvgIpc) is 3.00. The maximum atomic E-state index is 6.13. The molecular formula is C13H10BrCl2N5S. The van der Waals surface area contributed by atoms with Crippen molar-refractivity contribution in [3.05, 3.63) is 43.8 Å². The van der Waals surface area contributed by atoms with Gasteiger partial charge in [0.15, 0.2) is 5.84 Å². The highest BCUT2D eigenvalue weighted by Crippen LogP contribution is 2.41. The summed E-state index contributed by atoms with van der Waals surface area (Å²) in [7, 11) is 0. The summed E-state index contributed by atoms with van der Waals surface area (Å²) in [6.45, 7) is 0. The van der Waals surface area contributed by atoms with Crippen LogP contribution < -0.4 is 17.1 Å². The van der Waals surface area contributed by atoms with Crippen LogP contribution in [0.1, 0.15) is 5.69 Å². The molecule has 0 aliphatic carbocycles. The van der Waals surface area contributed by atoms with Crippen molar-refractivity contribution in [2.24, 2.45) is 16.8 Å². The third kappa shape index (κ3) is 2.59. The number of nitrogens with one attached hydrogen (secondary N) is 2. The summed E-state index contributed by atoms with van der Waals surface area (Å²) in [5.74, 6) is 11.3. The van der Waals surface area contributed by atoms with E-state index in [2.05, 4.69) is 31.4 Å². The van der Waals surface area contributed by atoms with Crippen molar-refractivity contribution in [3.63, 3.8) is 0 Å². The second-order valence-electron chi connectivity index (χ2n) is 4.44. The minimum atomic E-state index is 0.335. The van der Waals surface area contributed by atoms with Crippen molar-refractivity contribution in [2.75, 3.05) is 0 Å². The molecule has 9 heteroatoms. The van der Waals surface area contributed by atoms with Crippen molar-refractivity contribution in [1.29, 1.82) is 0 Å². The smallest absolute Gasteiger partial charge is 0.184 e. The summed E-state index contributed by atoms with van der Waals surface area (Å²) in [5.41, 5.74) is 5.84. The number of hydrogen-bond donors (Lipinski definition) is 4. The topological polar surface area (TPSA) is 92.2 Å². The number of nitrogens with two attached hydrogens (primary N) is 2. The third-order valence-corrected chi connectivity index (χ3v) is 5.49. The van der Waals surface area contributed by atoms with E-state index in [-0.39, 0.29) is 0 Å². The molecule has 0 aliphatic heterocycles. The van der Waals surface area contributed by atoms with Gasteiger partial charge in [-0.25, -0.2) is 5.84 Å². The molecule has 114 valence electrons. The summed E-state index contributed by atoms with van der Waals surface area (Å²) >= 11 is 17.3. The summed E-state index contributed by atoms with van der Waals surface area (Å²) in [4.78, 5) is 3.28. The summed E-state index contributed by atoms with van der Waals surface area (Å²) in [5, 5.41) is 6.77. The molecule has 1 aromatic carbocycles. The highest BCUT2D eigenvalue weighted by atomic mass is 79.9. The van der Waals surface area contributed by atoms with E-state index >= 15 is 0 Å². The lowest BCUT2D eigenvalue weighted by Crippen LogP contribution is -2.32. The number of hydrazine groups is 1. The quantitative estimate of drug-likeness (QED) is 0.219. The molecule has 0 radical (unpaired) electrons. The van der Waals surface area contributed by atoms with E-state index in [4.69, 9.17) is 34.9 Å². The first-order chi connectivity index (χ1) is 10.5. The molecule has 0 fully saturated rings. The van der Waals surface area contributed by atoms with Crippen LogP contribution in [0.5, 0.6) is 0 Å². The first-order valence-electron chi connectivity index (χ1n) is 6.05. The number of thiophene rings is 1. The molecular weight excluding hydrogens is 409 g/mol. The van der Waals surface area contributed by atoms with Gasteiger partial charge in [0.05, 0.1) is 20.4 Å². The lowest BCUT2D eigenvalue weighted by atomic mass is 10.1. The fraction of sp³-hybridized carbons (Fsp3) is 0. The van der Waals surface area contributed by atoms with Gasteiger partial charge >= 0.3 is 0 Å². The average molecular weight is 419 g/mol. The molecule has 0 bridgehead atoms. The van der Waals surface area contributed by atoms with Crippen molar-refractivity contribution in [1.82, 2.24) is 10.4 Å². The molecule has 0 saturated heterocycles. The number of hydrazone groups is 1. The Morgan fingerprint density at radius 2 is 1.95 bits per heavy atom. The minimum absolute atomic E-state index is 0.335. The second kappa shape index (κ2) is 6.10. The predicted molar refractivity (Wildman–Crippen MR) is 97.4 cm³/mol. The van der Waals surface area contributed by atoms with Gasteiger partial charge in [-0.3, -0.25) is 0 Å². The van der Waals surface area contributed by atoms with Gasteiger partial charge in [-0.05, 0) is 39.7 Å². The fourth-order valence-corrected chi connectivity index (χ4v) is 4.45. The monoisotopic (exact) mass is 417 g/mol. The minimum Gasteiger partial charge on any atom is -0.350 e. The van der Waals surface area contributed by atoms with Crippen molar-refractivity contribution in [3.8, 4) is 11.1 Å². The first kappa shape index (κ1) is 15.6. The summed E-state index contributed by atoms with van der Waals surface area (Å²) in [6.07, 6.45) is 0. The molecule has 0 amide bonds. The highest BCUT2D eigenvalue weighted by Gasteiger charge is 2.21. The number of fused-ring (bicyclic) bond motifs is 1. The van der Waals surface area contributed by atoms with Gasteiger partial charge in [0.25, 0.3) is 0 Å². The van der Waals surface area contributed by atoms with Crippen LogP contribution in [0.4, 0.5) is 0 Å². The number of aromatic amines is 1. The maximum Gasteiger partial charge on any atom is 0.184 e. The van der Waals surface area contributed by atoms with E-state index in [1.165, 1.54) is 0 Å². The molecule has 0 unspecified atom stereocenters. The molecule has 0 spiro atoms. The molecule has 2 heterocycles. The molecule has 3 aromatic rings. The molecule has 0 aliphatic rings. The molecule has 5 nitrogen and oxygen atoms in total. The molecule has 22 heavy (non-hydrogen) atoms. The summed E-state index contributed by atoms with van der Waals surface area (Å²) in [6, 6.07) is 5.34. The normalized spacial score (nSPS) is 12.1. The predicted octanol–water partition coefficient (Wildman–Crippen LogP) is 4.05. The van der Waals surface area contributed by atoms with Gasteiger partial charge in [0.2, 0.25) is 0 Å². The maximum absolute atomic E-state index is 6.13. The Morgan fingerprint density at radius 1 is 1.27 bits per heavy atom. The van der Waals surface area contributed by atoms with Crippen molar-refractivity contribution < 1.29 is 0 Å². The van der Waals surface area contributed by atoms with E-state index in [1.54, 1.807) is 17.4 Å². The Hall–Kier alpha value is -1.25. The Labute approximate surface area is 148 Å². The van der Waals surface area contributed by atoms with Crippen molar-refractivity contribution >= 4 is 66.5 Å². The van der Waals surface area contributed by atoms with Gasteiger partial charge in [-0.1, -0.05) is 23.2 Å². The van der Waals surface area contributed by atoms with E-state index in [0.717, 1.165) is 25.8 Å². The van der Waals surface area contributed by atoms with Gasteiger partial charge in [0, 0.05) is 21.0 Å². The van der Waals surface area contributed by atoms with Crippen LogP contribution >= 0.6 is 50.5 Å². The van der Waals surface area contributed by atoms with Crippen LogP contribution in [-0.2, 0) is 0 Å². The van der Waals surface area contributed by atoms with Gasteiger partial charge in [-0.2, -0.15) is 5.10 Å². The fourth-order valence-electron chi connectivity index (χ4n) is 2.26. The molecule has 3 rings (SSSR count).